The molecule has 0 spiro atoms. The normalized spacial score (nSPS) is 12.1. The molecule has 0 amide bonds. The molecule has 0 fully saturated rings. The monoisotopic (exact) mass is 972 g/mol. The predicted molar refractivity (Wildman–Crippen MR) is 214 cm³/mol. The van der Waals surface area contributed by atoms with Gasteiger partial charge < -0.3 is 20.2 Å². The van der Waals surface area contributed by atoms with Crippen LogP contribution in [-0.4, -0.2) is 42.1 Å². The van der Waals surface area contributed by atoms with Crippen LogP contribution < -0.4 is 0 Å². The number of benzene rings is 4. The van der Waals surface area contributed by atoms with Crippen molar-refractivity contribution in [3.05, 3.63) is 164 Å². The fourth-order valence-electron chi connectivity index (χ4n) is 7.91. The number of aromatic nitrogens is 4. The summed E-state index contributed by atoms with van der Waals surface area (Å²) in [6, 6.07) is 6.03. The molecule has 0 atom stereocenters. The Balaban J connectivity index is 1.61. The van der Waals surface area contributed by atoms with Crippen LogP contribution in [0, 0.1) is 87.3 Å². The molecule has 348 valence electrons. The highest BCUT2D eigenvalue weighted by atomic mass is 19.2. The largest absolute Gasteiger partial charge is 0.478 e. The summed E-state index contributed by atoms with van der Waals surface area (Å²) in [6.45, 7) is 0. The van der Waals surface area contributed by atoms with Crippen LogP contribution in [-0.2, 0) is 0 Å². The molecule has 0 radical (unpaired) electrons. The van der Waals surface area contributed by atoms with Crippen molar-refractivity contribution in [1.82, 2.24) is 19.9 Å². The lowest BCUT2D eigenvalue weighted by atomic mass is 9.93. The standard InChI is InChI=1S/C46H15F15N4O4/c47-30-27(31(48)37(54)42(59)36(30)53)24-16-6-4-14(62-16)23(22-12(45(66)67)2-1-3-13(22)46(68)69)15-5-7-17(63-15)25(28-32(49)38(55)43(60)39(56)33(28)50)19-9-11-21(65-19)26(20-10-8-18(24)64-20)29-34(51)40(57)44(61)41(58)35(29)52/h1-11,62,65H,(H,66,67)(H,68,69). The highest BCUT2D eigenvalue weighted by Crippen LogP contribution is 2.44. The Hall–Kier alpha value is -8.63. The Bertz CT molecular complexity index is 3580. The zero-order chi connectivity index (χ0) is 49.8. The summed E-state index contributed by atoms with van der Waals surface area (Å²) in [7, 11) is 0. The van der Waals surface area contributed by atoms with Gasteiger partial charge in [0.2, 0.25) is 17.5 Å². The Labute approximate surface area is 371 Å². The minimum Gasteiger partial charge on any atom is -0.478 e. The summed E-state index contributed by atoms with van der Waals surface area (Å²) in [4.78, 5) is 38.7. The van der Waals surface area contributed by atoms with Gasteiger partial charge in [-0.15, -0.1) is 0 Å². The van der Waals surface area contributed by atoms with Crippen LogP contribution in [0.4, 0.5) is 65.9 Å². The molecule has 4 N–H and O–H groups in total. The third-order valence-corrected chi connectivity index (χ3v) is 10.9. The van der Waals surface area contributed by atoms with Gasteiger partial charge in [0, 0.05) is 49.9 Å². The van der Waals surface area contributed by atoms with E-state index in [1.165, 1.54) is 0 Å². The van der Waals surface area contributed by atoms with Gasteiger partial charge in [-0.05, 0) is 60.7 Å². The van der Waals surface area contributed by atoms with Crippen LogP contribution in [0.5, 0.6) is 0 Å². The number of nitrogens with zero attached hydrogens (tertiary/aromatic N) is 2. The number of rotatable bonds is 6. The zero-order valence-electron chi connectivity index (χ0n) is 33.1. The molecule has 69 heavy (non-hydrogen) atoms. The predicted octanol–water partition coefficient (Wildman–Crippen LogP) is 12.8. The molecular weight excluding hydrogens is 957 g/mol. The van der Waals surface area contributed by atoms with Crippen molar-refractivity contribution in [2.24, 2.45) is 0 Å². The first-order chi connectivity index (χ1) is 32.7. The fourth-order valence-corrected chi connectivity index (χ4v) is 7.91. The molecule has 5 heterocycles. The van der Waals surface area contributed by atoms with E-state index in [-0.39, 0.29) is 0 Å². The van der Waals surface area contributed by atoms with E-state index in [1.807, 2.05) is 0 Å². The number of halogens is 15. The second-order valence-corrected chi connectivity index (χ2v) is 14.7. The summed E-state index contributed by atoms with van der Waals surface area (Å²) < 4.78 is 229. The van der Waals surface area contributed by atoms with E-state index in [0.717, 1.165) is 54.6 Å². The smallest absolute Gasteiger partial charge is 0.336 e. The Morgan fingerprint density at radius 1 is 0.319 bits per heavy atom. The molecule has 0 unspecified atom stereocenters. The number of hydrogen-bond donors (Lipinski definition) is 4. The topological polar surface area (TPSA) is 132 Å². The highest BCUT2D eigenvalue weighted by molar-refractivity contribution is 6.09. The third-order valence-electron chi connectivity index (χ3n) is 10.9. The van der Waals surface area contributed by atoms with Crippen LogP contribution in [0.1, 0.15) is 43.5 Å². The number of carbonyl (C=O) groups is 2. The van der Waals surface area contributed by atoms with Crippen LogP contribution in [0.25, 0.3) is 90.9 Å². The molecule has 7 aromatic rings. The number of carboxylic acids is 2. The molecule has 9 rings (SSSR count). The fraction of sp³-hybridized carbons (Fsp3) is 0. The summed E-state index contributed by atoms with van der Waals surface area (Å²) in [5, 5.41) is 20.6. The van der Waals surface area contributed by atoms with Gasteiger partial charge in [-0.2, -0.15) is 0 Å². The minimum atomic E-state index is -2.67. The van der Waals surface area contributed by atoms with E-state index in [4.69, 9.17) is 0 Å². The highest BCUT2D eigenvalue weighted by Gasteiger charge is 2.34. The number of aromatic carboxylic acids is 2. The molecule has 2 aliphatic rings. The van der Waals surface area contributed by atoms with Gasteiger partial charge in [0.25, 0.3) is 0 Å². The van der Waals surface area contributed by atoms with Crippen LogP contribution in [0.3, 0.4) is 0 Å². The van der Waals surface area contributed by atoms with Crippen molar-refractivity contribution in [3.63, 3.8) is 0 Å². The lowest BCUT2D eigenvalue weighted by Gasteiger charge is -2.12. The van der Waals surface area contributed by atoms with E-state index in [1.54, 1.807) is 0 Å². The van der Waals surface area contributed by atoms with Gasteiger partial charge >= 0.3 is 11.9 Å². The SMILES string of the molecule is O=C(O)c1cccc(C(=O)O)c1-c1c2nc(c(-c3c(F)c(F)c(F)c(F)c3F)c3ccc([nH]3)c(-c3c(F)c(F)c(F)c(F)c3F)c3nc(c(-c4c(F)c(F)c(F)c(F)c4F)c4ccc1[nH]4)C=C3)C=C2. The number of hydrogen-bond acceptors (Lipinski definition) is 4. The molecule has 23 heteroatoms. The van der Waals surface area contributed by atoms with E-state index in [2.05, 4.69) is 19.9 Å². The summed E-state index contributed by atoms with van der Waals surface area (Å²) in [6.07, 6.45) is 3.12. The lowest BCUT2D eigenvalue weighted by molar-refractivity contribution is 0.0696. The first kappa shape index (κ1) is 45.5. The number of carboxylic acid groups (broad SMARTS) is 2. The minimum absolute atomic E-state index is 0.528. The van der Waals surface area contributed by atoms with Crippen LogP contribution in [0.2, 0.25) is 0 Å². The zero-order valence-corrected chi connectivity index (χ0v) is 33.1. The maximum Gasteiger partial charge on any atom is 0.336 e. The Kier molecular flexibility index (Phi) is 10.8. The average molecular weight is 973 g/mol. The molecule has 0 saturated carbocycles. The summed E-state index contributed by atoms with van der Waals surface area (Å²) in [5.41, 5.74) is -17.9. The van der Waals surface area contributed by atoms with E-state index in [0.29, 0.717) is 12.2 Å². The molecule has 2 aliphatic heterocycles. The molecule has 4 aromatic carbocycles. The van der Waals surface area contributed by atoms with Crippen molar-refractivity contribution in [1.29, 1.82) is 0 Å². The molecule has 8 nitrogen and oxygen atoms in total. The van der Waals surface area contributed by atoms with Crippen molar-refractivity contribution in [2.75, 3.05) is 0 Å². The molecule has 3 aromatic heterocycles. The van der Waals surface area contributed by atoms with Gasteiger partial charge in [-0.3, -0.25) is 0 Å². The van der Waals surface area contributed by atoms with Crippen molar-refractivity contribution in [2.45, 2.75) is 0 Å². The van der Waals surface area contributed by atoms with Crippen molar-refractivity contribution >= 4 is 58.3 Å². The Morgan fingerprint density at radius 2 is 0.536 bits per heavy atom. The Morgan fingerprint density at radius 3 is 0.768 bits per heavy atom. The van der Waals surface area contributed by atoms with Crippen molar-refractivity contribution in [3.8, 4) is 44.5 Å². The molecule has 0 saturated heterocycles. The quantitative estimate of drug-likeness (QED) is 0.0745. The van der Waals surface area contributed by atoms with Gasteiger partial charge in [0.15, 0.2) is 69.8 Å². The van der Waals surface area contributed by atoms with Gasteiger partial charge in [-0.1, -0.05) is 6.07 Å². The van der Waals surface area contributed by atoms with Gasteiger partial charge in [0.05, 0.1) is 50.6 Å². The molecule has 8 bridgehead atoms. The molecular formula is C46H15F15N4O4. The maximum atomic E-state index is 15.9. The summed E-state index contributed by atoms with van der Waals surface area (Å²) >= 11 is 0. The number of H-pyrrole nitrogens is 2. The first-order valence-electron chi connectivity index (χ1n) is 19.0. The number of nitrogens with one attached hydrogen (secondary N) is 2. The maximum absolute atomic E-state index is 15.9. The van der Waals surface area contributed by atoms with Crippen LogP contribution in [0.15, 0.2) is 42.5 Å². The second-order valence-electron chi connectivity index (χ2n) is 14.7. The van der Waals surface area contributed by atoms with Gasteiger partial charge in [0.1, 0.15) is 0 Å². The summed E-state index contributed by atoms with van der Waals surface area (Å²) in [5.74, 6) is -41.9. The lowest BCUT2D eigenvalue weighted by Crippen LogP contribution is -2.08. The number of aromatic amines is 2. The van der Waals surface area contributed by atoms with Crippen LogP contribution >= 0.6 is 0 Å². The first-order valence-corrected chi connectivity index (χ1v) is 19.0. The molecule has 0 aliphatic carbocycles. The van der Waals surface area contributed by atoms with E-state index < -0.39 is 200 Å². The number of fused-ring (bicyclic) bond motifs is 8. The third kappa shape index (κ3) is 6.81. The average Bonchev–Trinajstić information content (AvgIpc) is 4.18. The van der Waals surface area contributed by atoms with Gasteiger partial charge in [-0.25, -0.2) is 85.4 Å². The second kappa shape index (κ2) is 16.3. The van der Waals surface area contributed by atoms with E-state index >= 15 is 43.9 Å². The van der Waals surface area contributed by atoms with Crippen molar-refractivity contribution < 1.29 is 85.7 Å². The van der Waals surface area contributed by atoms with E-state index in [9.17, 15) is 41.8 Å².